The molecule has 1 N–H and O–H groups in total. The summed E-state index contributed by atoms with van der Waals surface area (Å²) >= 11 is 5.90. The predicted molar refractivity (Wildman–Crippen MR) is 57.7 cm³/mol. The SMILES string of the molecule is O=c1ccc(=O)n(-c2ccccc2Cl)[nH]1. The maximum Gasteiger partial charge on any atom is 0.269 e. The summed E-state index contributed by atoms with van der Waals surface area (Å²) in [6, 6.07) is 9.16. The van der Waals surface area contributed by atoms with Gasteiger partial charge in [0.1, 0.15) is 0 Å². The Balaban J connectivity index is 2.75. The third-order valence-electron chi connectivity index (χ3n) is 1.91. The zero-order valence-electron chi connectivity index (χ0n) is 7.61. The van der Waals surface area contributed by atoms with Crippen molar-refractivity contribution in [2.75, 3.05) is 0 Å². The van der Waals surface area contributed by atoms with Gasteiger partial charge in [0.15, 0.2) is 0 Å². The largest absolute Gasteiger partial charge is 0.269 e. The Hall–Kier alpha value is -1.81. The zero-order chi connectivity index (χ0) is 10.8. The molecule has 0 saturated heterocycles. The minimum absolute atomic E-state index is 0.331. The molecular weight excluding hydrogens is 216 g/mol. The molecule has 76 valence electrons. The van der Waals surface area contributed by atoms with Crippen molar-refractivity contribution < 1.29 is 0 Å². The van der Waals surface area contributed by atoms with Crippen molar-refractivity contribution in [3.05, 3.63) is 62.1 Å². The third kappa shape index (κ3) is 1.85. The summed E-state index contributed by atoms with van der Waals surface area (Å²) in [5, 5.41) is 2.80. The molecule has 0 aliphatic rings. The maximum atomic E-state index is 11.5. The molecule has 1 aromatic heterocycles. The molecule has 0 unspecified atom stereocenters. The van der Waals surface area contributed by atoms with Gasteiger partial charge in [-0.2, -0.15) is 0 Å². The molecule has 0 saturated carbocycles. The van der Waals surface area contributed by atoms with Crippen molar-refractivity contribution in [2.45, 2.75) is 0 Å². The van der Waals surface area contributed by atoms with Gasteiger partial charge in [-0.25, -0.2) is 4.68 Å². The fraction of sp³-hybridized carbons (Fsp3) is 0. The smallest absolute Gasteiger partial charge is 0.268 e. The van der Waals surface area contributed by atoms with Crippen LogP contribution in [0.2, 0.25) is 5.02 Å². The number of hydrogen-bond donors (Lipinski definition) is 1. The highest BCUT2D eigenvalue weighted by Crippen LogP contribution is 2.16. The predicted octanol–water partition coefficient (Wildman–Crippen LogP) is 1.18. The Labute approximate surface area is 89.7 Å². The van der Waals surface area contributed by atoms with Crippen molar-refractivity contribution in [3.63, 3.8) is 0 Å². The van der Waals surface area contributed by atoms with E-state index in [-0.39, 0.29) is 11.1 Å². The van der Waals surface area contributed by atoms with Crippen molar-refractivity contribution in [1.82, 2.24) is 9.78 Å². The average molecular weight is 223 g/mol. The Morgan fingerprint density at radius 1 is 1.07 bits per heavy atom. The van der Waals surface area contributed by atoms with Crippen LogP contribution in [0.15, 0.2) is 46.0 Å². The lowest BCUT2D eigenvalue weighted by atomic mass is 10.3. The van der Waals surface area contributed by atoms with Crippen molar-refractivity contribution in [1.29, 1.82) is 0 Å². The van der Waals surface area contributed by atoms with E-state index in [0.717, 1.165) is 4.68 Å². The van der Waals surface area contributed by atoms with Crippen molar-refractivity contribution >= 4 is 11.6 Å². The van der Waals surface area contributed by atoms with Gasteiger partial charge < -0.3 is 0 Å². The summed E-state index contributed by atoms with van der Waals surface area (Å²) in [6.07, 6.45) is 0. The van der Waals surface area contributed by atoms with Gasteiger partial charge in [0, 0.05) is 12.1 Å². The van der Waals surface area contributed by atoms with E-state index in [9.17, 15) is 9.59 Å². The first-order valence-corrected chi connectivity index (χ1v) is 4.63. The van der Waals surface area contributed by atoms with E-state index in [1.54, 1.807) is 24.3 Å². The van der Waals surface area contributed by atoms with Gasteiger partial charge in [0.05, 0.1) is 10.7 Å². The topological polar surface area (TPSA) is 54.9 Å². The molecular formula is C10H7ClN2O2. The average Bonchev–Trinajstić information content (AvgIpc) is 2.23. The Morgan fingerprint density at radius 2 is 1.80 bits per heavy atom. The van der Waals surface area contributed by atoms with Gasteiger partial charge in [-0.1, -0.05) is 23.7 Å². The molecule has 0 amide bonds. The molecule has 2 rings (SSSR count). The summed E-state index contributed by atoms with van der Waals surface area (Å²) in [5.41, 5.74) is -0.223. The second-order valence-electron chi connectivity index (χ2n) is 2.93. The number of benzene rings is 1. The van der Waals surface area contributed by atoms with Crippen LogP contribution in [0.1, 0.15) is 0 Å². The van der Waals surface area contributed by atoms with Gasteiger partial charge in [0.25, 0.3) is 11.1 Å². The van der Waals surface area contributed by atoms with Crippen LogP contribution in [0.5, 0.6) is 0 Å². The Bertz CT molecular complexity index is 601. The minimum atomic E-state index is -0.352. The van der Waals surface area contributed by atoms with E-state index in [1.807, 2.05) is 0 Å². The molecule has 1 heterocycles. The van der Waals surface area contributed by atoms with Crippen LogP contribution in [0, 0.1) is 0 Å². The number of nitrogens with zero attached hydrogens (tertiary/aromatic N) is 1. The number of H-pyrrole nitrogens is 1. The molecule has 0 aliphatic heterocycles. The maximum absolute atomic E-state index is 11.5. The molecule has 2 aromatic rings. The highest BCUT2D eigenvalue weighted by Gasteiger charge is 2.03. The van der Waals surface area contributed by atoms with Gasteiger partial charge in [-0.3, -0.25) is 14.7 Å². The summed E-state index contributed by atoms with van der Waals surface area (Å²) in [6.45, 7) is 0. The van der Waals surface area contributed by atoms with Crippen LogP contribution in [0.4, 0.5) is 0 Å². The first-order valence-electron chi connectivity index (χ1n) is 4.26. The van der Waals surface area contributed by atoms with E-state index in [0.29, 0.717) is 10.7 Å². The molecule has 4 nitrogen and oxygen atoms in total. The highest BCUT2D eigenvalue weighted by atomic mass is 35.5. The minimum Gasteiger partial charge on any atom is -0.268 e. The fourth-order valence-electron chi connectivity index (χ4n) is 1.24. The summed E-state index contributed by atoms with van der Waals surface area (Å²) in [7, 11) is 0. The highest BCUT2D eigenvalue weighted by molar-refractivity contribution is 6.32. The fourth-order valence-corrected chi connectivity index (χ4v) is 1.46. The number of aromatic amines is 1. The van der Waals surface area contributed by atoms with Crippen LogP contribution in [-0.2, 0) is 0 Å². The molecule has 5 heteroatoms. The second kappa shape index (κ2) is 3.74. The number of rotatable bonds is 1. The number of aromatic nitrogens is 2. The number of halogens is 1. The number of hydrogen-bond acceptors (Lipinski definition) is 2. The Kier molecular flexibility index (Phi) is 2.43. The molecule has 0 bridgehead atoms. The van der Waals surface area contributed by atoms with Gasteiger partial charge >= 0.3 is 0 Å². The van der Waals surface area contributed by atoms with Crippen LogP contribution >= 0.6 is 11.6 Å². The van der Waals surface area contributed by atoms with E-state index in [2.05, 4.69) is 5.10 Å². The lowest BCUT2D eigenvalue weighted by molar-refractivity contribution is 0.786. The monoisotopic (exact) mass is 222 g/mol. The normalized spacial score (nSPS) is 10.2. The van der Waals surface area contributed by atoms with E-state index < -0.39 is 0 Å². The molecule has 0 radical (unpaired) electrons. The summed E-state index contributed by atoms with van der Waals surface area (Å²) < 4.78 is 1.12. The van der Waals surface area contributed by atoms with E-state index in [1.165, 1.54) is 12.1 Å². The lowest BCUT2D eigenvalue weighted by Crippen LogP contribution is -2.26. The van der Waals surface area contributed by atoms with Crippen LogP contribution in [0.25, 0.3) is 5.69 Å². The van der Waals surface area contributed by atoms with Gasteiger partial charge in [0.2, 0.25) is 0 Å². The van der Waals surface area contributed by atoms with Crippen LogP contribution in [-0.4, -0.2) is 9.78 Å². The zero-order valence-corrected chi connectivity index (χ0v) is 8.36. The van der Waals surface area contributed by atoms with Crippen molar-refractivity contribution in [3.8, 4) is 5.69 Å². The number of nitrogens with one attached hydrogen (secondary N) is 1. The van der Waals surface area contributed by atoms with Crippen LogP contribution < -0.4 is 11.1 Å². The lowest BCUT2D eigenvalue weighted by Gasteiger charge is -2.05. The van der Waals surface area contributed by atoms with E-state index >= 15 is 0 Å². The second-order valence-corrected chi connectivity index (χ2v) is 3.34. The molecule has 1 aromatic carbocycles. The standard InChI is InChI=1S/C10H7ClN2O2/c11-7-3-1-2-4-8(7)13-10(15)6-5-9(14)12-13/h1-6H,(H,12,14). The van der Waals surface area contributed by atoms with Crippen LogP contribution in [0.3, 0.4) is 0 Å². The molecule has 0 fully saturated rings. The molecule has 15 heavy (non-hydrogen) atoms. The van der Waals surface area contributed by atoms with Gasteiger partial charge in [-0.15, -0.1) is 0 Å². The molecule has 0 aliphatic carbocycles. The van der Waals surface area contributed by atoms with E-state index in [4.69, 9.17) is 11.6 Å². The van der Waals surface area contributed by atoms with Crippen molar-refractivity contribution in [2.24, 2.45) is 0 Å². The number of para-hydroxylation sites is 1. The first-order chi connectivity index (χ1) is 7.18. The summed E-state index contributed by atoms with van der Waals surface area (Å²) in [5.74, 6) is 0. The molecule has 0 atom stereocenters. The third-order valence-corrected chi connectivity index (χ3v) is 2.23. The first kappa shape index (κ1) is 9.73. The Morgan fingerprint density at radius 3 is 2.53 bits per heavy atom. The molecule has 0 spiro atoms. The quantitative estimate of drug-likeness (QED) is 0.788. The summed E-state index contributed by atoms with van der Waals surface area (Å²) in [4.78, 5) is 22.5. The van der Waals surface area contributed by atoms with Gasteiger partial charge in [-0.05, 0) is 12.1 Å².